The number of unbranched alkanes of at least 4 members (excludes halogenated alkanes) is 9. The third-order valence-corrected chi connectivity index (χ3v) is 8.49. The molecule has 1 fully saturated rings. The fraction of sp³-hybridized carbons (Fsp3) is 0.676. The van der Waals surface area contributed by atoms with Crippen LogP contribution in [0.5, 0.6) is 0 Å². The predicted octanol–water partition coefficient (Wildman–Crippen LogP) is 5.44. The van der Waals surface area contributed by atoms with Gasteiger partial charge in [0.1, 0.15) is 36.8 Å². The minimum absolute atomic E-state index is 0.0663. The second kappa shape index (κ2) is 28.0. The normalized spacial score (nSPS) is 22.4. The van der Waals surface area contributed by atoms with Crippen LogP contribution in [0.15, 0.2) is 60.8 Å². The van der Waals surface area contributed by atoms with Crippen LogP contribution >= 0.6 is 0 Å². The van der Waals surface area contributed by atoms with E-state index < -0.39 is 71.2 Å². The molecule has 13 heteroatoms. The first-order valence-electron chi connectivity index (χ1n) is 17.9. The van der Waals surface area contributed by atoms with E-state index in [2.05, 4.69) is 19.9 Å². The Hall–Kier alpha value is -2.65. The number of carbonyl (C=O) groups is 2. The van der Waals surface area contributed by atoms with Crippen LogP contribution in [0.2, 0.25) is 0 Å². The molecule has 0 saturated carbocycles. The zero-order valence-corrected chi connectivity index (χ0v) is 30.5. The maximum atomic E-state index is 12.6. The zero-order valence-electron chi connectivity index (χ0n) is 29.7. The highest BCUT2D eigenvalue weighted by atomic mass is 32.2. The average Bonchev–Trinajstić information content (AvgIpc) is 3.07. The van der Waals surface area contributed by atoms with Crippen LogP contribution < -0.4 is 0 Å². The van der Waals surface area contributed by atoms with Gasteiger partial charge in [0.25, 0.3) is 10.1 Å². The zero-order chi connectivity index (χ0) is 37.0. The lowest BCUT2D eigenvalue weighted by Crippen LogP contribution is -2.60. The lowest BCUT2D eigenvalue weighted by Gasteiger charge is -2.40. The van der Waals surface area contributed by atoms with Crippen molar-refractivity contribution < 1.29 is 56.8 Å². The molecule has 0 spiro atoms. The van der Waals surface area contributed by atoms with Gasteiger partial charge in [0.15, 0.2) is 12.4 Å². The smallest absolute Gasteiger partial charge is 0.306 e. The summed E-state index contributed by atoms with van der Waals surface area (Å²) in [6.07, 6.45) is 21.7. The molecule has 286 valence electrons. The van der Waals surface area contributed by atoms with Crippen LogP contribution in [0.25, 0.3) is 0 Å². The monoisotopic (exact) mass is 728 g/mol. The Morgan fingerprint density at radius 2 is 1.26 bits per heavy atom. The topological polar surface area (TPSA) is 186 Å². The highest BCUT2D eigenvalue weighted by Crippen LogP contribution is 2.23. The van der Waals surface area contributed by atoms with Crippen LogP contribution in [0.1, 0.15) is 104 Å². The molecule has 0 aromatic heterocycles. The van der Waals surface area contributed by atoms with E-state index in [1.165, 1.54) is 32.1 Å². The second-order valence-corrected chi connectivity index (χ2v) is 13.8. The third-order valence-electron chi connectivity index (χ3n) is 7.74. The Morgan fingerprint density at radius 1 is 0.700 bits per heavy atom. The quantitative estimate of drug-likeness (QED) is 0.0364. The maximum Gasteiger partial charge on any atom is 0.306 e. The molecule has 0 aliphatic carbocycles. The summed E-state index contributed by atoms with van der Waals surface area (Å²) in [5.74, 6) is -2.09. The SMILES string of the molecule is CC/C=C/C=C/C=C/C=C/C=C/CCCC(=O)OC(COC(=O)CCCCCCCCCCC)CO[C@H]1O[C@H](CS(=O)(=O)O)[C@@H](O)C(O)C1O. The Balaban J connectivity index is 2.64. The molecule has 1 heterocycles. The number of hydrogen-bond donors (Lipinski definition) is 4. The Morgan fingerprint density at radius 3 is 1.86 bits per heavy atom. The fourth-order valence-electron chi connectivity index (χ4n) is 4.94. The number of allylic oxidation sites excluding steroid dienone is 10. The molecule has 3 unspecified atom stereocenters. The van der Waals surface area contributed by atoms with E-state index in [4.69, 9.17) is 18.9 Å². The van der Waals surface area contributed by atoms with Gasteiger partial charge in [-0.2, -0.15) is 8.42 Å². The molecule has 6 atom stereocenters. The summed E-state index contributed by atoms with van der Waals surface area (Å²) in [6.45, 7) is 3.47. The average molecular weight is 729 g/mol. The van der Waals surface area contributed by atoms with Gasteiger partial charge < -0.3 is 34.3 Å². The van der Waals surface area contributed by atoms with Crippen molar-refractivity contribution in [3.05, 3.63) is 60.8 Å². The predicted molar refractivity (Wildman–Crippen MR) is 192 cm³/mol. The largest absolute Gasteiger partial charge is 0.462 e. The van der Waals surface area contributed by atoms with E-state index in [0.29, 0.717) is 19.3 Å². The number of rotatable bonds is 27. The van der Waals surface area contributed by atoms with E-state index in [1.54, 1.807) is 0 Å². The van der Waals surface area contributed by atoms with Gasteiger partial charge in [-0.3, -0.25) is 14.1 Å². The molecule has 1 aliphatic rings. The molecule has 0 amide bonds. The van der Waals surface area contributed by atoms with Crippen molar-refractivity contribution in [2.45, 2.75) is 141 Å². The lowest BCUT2D eigenvalue weighted by atomic mass is 10.00. The number of ether oxygens (including phenoxy) is 4. The van der Waals surface area contributed by atoms with Crippen molar-refractivity contribution in [3.8, 4) is 0 Å². The fourth-order valence-corrected chi connectivity index (χ4v) is 5.63. The standard InChI is InChI=1S/C37H60O12S/c1-3-5-7-9-11-13-14-15-16-18-20-22-24-26-33(39)48-30(27-46-32(38)25-23-21-19-17-12-10-8-6-4-2)28-47-37-36(42)35(41)34(40)31(49-37)29-50(43,44)45/h5,7,9,11,13-16,18,20,30-31,34-37,40-42H,3-4,6,8,10,12,17,19,21-29H2,1-2H3,(H,43,44,45)/b7-5+,11-9+,14-13+,16-15+,20-18+/t30?,31-,34-,35?,36?,37+/m1/s1. The molecule has 1 rings (SSSR count). The van der Waals surface area contributed by atoms with Crippen LogP contribution in [-0.2, 0) is 38.7 Å². The van der Waals surface area contributed by atoms with Gasteiger partial charge in [-0.05, 0) is 25.7 Å². The third kappa shape index (κ3) is 22.9. The first-order valence-corrected chi connectivity index (χ1v) is 19.5. The van der Waals surface area contributed by atoms with Crippen LogP contribution in [0.3, 0.4) is 0 Å². The maximum absolute atomic E-state index is 12.6. The number of carbonyl (C=O) groups excluding carboxylic acids is 2. The summed E-state index contributed by atoms with van der Waals surface area (Å²) >= 11 is 0. The van der Waals surface area contributed by atoms with E-state index in [9.17, 15) is 37.9 Å². The Bertz CT molecular complexity index is 1180. The summed E-state index contributed by atoms with van der Waals surface area (Å²) in [5.41, 5.74) is 0. The molecule has 0 aromatic carbocycles. The second-order valence-electron chi connectivity index (χ2n) is 12.3. The van der Waals surface area contributed by atoms with Crippen molar-refractivity contribution in [2.24, 2.45) is 0 Å². The number of aliphatic hydroxyl groups is 3. The molecule has 4 N–H and O–H groups in total. The lowest BCUT2D eigenvalue weighted by molar-refractivity contribution is -0.297. The minimum Gasteiger partial charge on any atom is -0.462 e. The summed E-state index contributed by atoms with van der Waals surface area (Å²) in [6, 6.07) is 0. The van der Waals surface area contributed by atoms with Gasteiger partial charge in [-0.25, -0.2) is 0 Å². The molecule has 1 saturated heterocycles. The van der Waals surface area contributed by atoms with Gasteiger partial charge in [-0.1, -0.05) is 126 Å². The molecule has 0 bridgehead atoms. The van der Waals surface area contributed by atoms with Crippen LogP contribution in [0.4, 0.5) is 0 Å². The Labute approximate surface area is 298 Å². The highest BCUT2D eigenvalue weighted by Gasteiger charge is 2.46. The van der Waals surface area contributed by atoms with Crippen molar-refractivity contribution in [1.82, 2.24) is 0 Å². The number of aliphatic hydroxyl groups excluding tert-OH is 3. The molecule has 50 heavy (non-hydrogen) atoms. The van der Waals surface area contributed by atoms with Crippen molar-refractivity contribution in [3.63, 3.8) is 0 Å². The summed E-state index contributed by atoms with van der Waals surface area (Å²) < 4.78 is 53.6. The first kappa shape index (κ1) is 45.4. The van der Waals surface area contributed by atoms with Gasteiger partial charge in [0.2, 0.25) is 0 Å². The van der Waals surface area contributed by atoms with E-state index in [-0.39, 0.29) is 19.4 Å². The van der Waals surface area contributed by atoms with Crippen molar-refractivity contribution >= 4 is 22.1 Å². The molecule has 12 nitrogen and oxygen atoms in total. The summed E-state index contributed by atoms with van der Waals surface area (Å²) in [7, 11) is -4.60. The van der Waals surface area contributed by atoms with E-state index in [0.717, 1.165) is 25.7 Å². The highest BCUT2D eigenvalue weighted by molar-refractivity contribution is 7.85. The Kier molecular flexibility index (Phi) is 25.4. The summed E-state index contributed by atoms with van der Waals surface area (Å²) in [5, 5.41) is 30.6. The van der Waals surface area contributed by atoms with Gasteiger partial charge >= 0.3 is 11.9 Å². The van der Waals surface area contributed by atoms with Gasteiger partial charge in [0.05, 0.1) is 6.61 Å². The molecule has 1 aliphatic heterocycles. The first-order chi connectivity index (χ1) is 24.0. The number of hydrogen-bond acceptors (Lipinski definition) is 11. The minimum atomic E-state index is -4.60. The van der Waals surface area contributed by atoms with Gasteiger partial charge in [-0.15, -0.1) is 0 Å². The molecule has 0 radical (unpaired) electrons. The number of esters is 2. The van der Waals surface area contributed by atoms with Crippen molar-refractivity contribution in [1.29, 1.82) is 0 Å². The molecule has 0 aromatic rings. The van der Waals surface area contributed by atoms with Gasteiger partial charge in [0, 0.05) is 12.8 Å². The van der Waals surface area contributed by atoms with Crippen LogP contribution in [-0.4, -0.2) is 96.0 Å². The van der Waals surface area contributed by atoms with Crippen LogP contribution in [0, 0.1) is 0 Å². The molecular formula is C37H60O12S. The van der Waals surface area contributed by atoms with E-state index in [1.807, 2.05) is 54.7 Å². The molecular weight excluding hydrogens is 668 g/mol. The van der Waals surface area contributed by atoms with Crippen molar-refractivity contribution in [2.75, 3.05) is 19.0 Å². The van der Waals surface area contributed by atoms with E-state index >= 15 is 0 Å². The summed E-state index contributed by atoms with van der Waals surface area (Å²) in [4.78, 5) is 25.1.